The molecule has 2 aromatic rings. The number of aryl methyl sites for hydroxylation is 1. The predicted molar refractivity (Wildman–Crippen MR) is 60.8 cm³/mol. The first-order chi connectivity index (χ1) is 7.20. The van der Waals surface area contributed by atoms with Crippen molar-refractivity contribution in [2.24, 2.45) is 5.73 Å². The van der Waals surface area contributed by atoms with Crippen LogP contribution in [0.5, 0.6) is 0 Å². The lowest BCUT2D eigenvalue weighted by molar-refractivity contribution is 0.0996. The standard InChI is InChI=1S/C11H10N2OS/c1-7-4-5-13-10(11(12)14)9(7)8-3-2-6-15-8/h2-6H,1H3,(H2,12,14). The summed E-state index contributed by atoms with van der Waals surface area (Å²) in [7, 11) is 0. The molecule has 1 amide bonds. The van der Waals surface area contributed by atoms with Gasteiger partial charge in [0.15, 0.2) is 0 Å². The molecule has 2 rings (SSSR count). The van der Waals surface area contributed by atoms with Crippen LogP contribution in [0.2, 0.25) is 0 Å². The molecule has 2 heterocycles. The van der Waals surface area contributed by atoms with E-state index in [-0.39, 0.29) is 0 Å². The summed E-state index contributed by atoms with van der Waals surface area (Å²) < 4.78 is 0. The van der Waals surface area contributed by atoms with Gasteiger partial charge >= 0.3 is 0 Å². The van der Waals surface area contributed by atoms with Crippen LogP contribution in [0.25, 0.3) is 10.4 Å². The lowest BCUT2D eigenvalue weighted by atomic mass is 10.1. The van der Waals surface area contributed by atoms with E-state index >= 15 is 0 Å². The molecule has 0 atom stereocenters. The number of nitrogens with zero attached hydrogens (tertiary/aromatic N) is 1. The minimum Gasteiger partial charge on any atom is -0.364 e. The zero-order valence-electron chi connectivity index (χ0n) is 8.23. The van der Waals surface area contributed by atoms with Crippen molar-refractivity contribution in [3.8, 4) is 10.4 Å². The third-order valence-electron chi connectivity index (χ3n) is 2.16. The minimum atomic E-state index is -0.484. The zero-order valence-corrected chi connectivity index (χ0v) is 9.04. The maximum atomic E-state index is 11.2. The molecule has 0 aliphatic carbocycles. The highest BCUT2D eigenvalue weighted by Gasteiger charge is 2.14. The highest BCUT2D eigenvalue weighted by Crippen LogP contribution is 2.29. The SMILES string of the molecule is Cc1ccnc(C(N)=O)c1-c1cccs1. The average molecular weight is 218 g/mol. The molecule has 0 aliphatic rings. The van der Waals surface area contributed by atoms with E-state index in [1.54, 1.807) is 17.5 Å². The maximum absolute atomic E-state index is 11.2. The fraction of sp³-hybridized carbons (Fsp3) is 0.0909. The number of thiophene rings is 1. The van der Waals surface area contributed by atoms with Crippen molar-refractivity contribution < 1.29 is 4.79 Å². The molecule has 0 aromatic carbocycles. The fourth-order valence-electron chi connectivity index (χ4n) is 1.48. The molecule has 0 spiro atoms. The summed E-state index contributed by atoms with van der Waals surface area (Å²) in [6.45, 7) is 1.95. The number of hydrogen-bond donors (Lipinski definition) is 1. The van der Waals surface area contributed by atoms with Gasteiger partial charge in [0, 0.05) is 16.6 Å². The molecule has 0 bridgehead atoms. The van der Waals surface area contributed by atoms with E-state index in [1.807, 2.05) is 30.5 Å². The average Bonchev–Trinajstić information content (AvgIpc) is 2.70. The molecular formula is C11H10N2OS. The molecule has 0 saturated heterocycles. The maximum Gasteiger partial charge on any atom is 0.267 e. The third-order valence-corrected chi connectivity index (χ3v) is 3.05. The smallest absolute Gasteiger partial charge is 0.267 e. The minimum absolute atomic E-state index is 0.345. The first kappa shape index (κ1) is 9.86. The largest absolute Gasteiger partial charge is 0.364 e. The van der Waals surface area contributed by atoms with Crippen molar-refractivity contribution in [1.82, 2.24) is 4.98 Å². The Morgan fingerprint density at radius 2 is 2.27 bits per heavy atom. The summed E-state index contributed by atoms with van der Waals surface area (Å²) in [5.74, 6) is -0.484. The van der Waals surface area contributed by atoms with Gasteiger partial charge in [0.05, 0.1) is 0 Å². The second-order valence-corrected chi connectivity index (χ2v) is 4.14. The van der Waals surface area contributed by atoms with Crippen LogP contribution in [-0.2, 0) is 0 Å². The molecule has 2 N–H and O–H groups in total. The number of nitrogens with two attached hydrogens (primary N) is 1. The molecule has 0 unspecified atom stereocenters. The van der Waals surface area contributed by atoms with Crippen molar-refractivity contribution in [3.63, 3.8) is 0 Å². The first-order valence-corrected chi connectivity index (χ1v) is 5.37. The molecule has 2 aromatic heterocycles. The van der Waals surface area contributed by atoms with E-state index in [1.165, 1.54) is 0 Å². The van der Waals surface area contributed by atoms with Gasteiger partial charge in [-0.15, -0.1) is 11.3 Å². The number of rotatable bonds is 2. The van der Waals surface area contributed by atoms with Gasteiger partial charge in [-0.05, 0) is 30.0 Å². The van der Waals surface area contributed by atoms with Crippen LogP contribution in [-0.4, -0.2) is 10.9 Å². The third kappa shape index (κ3) is 1.76. The van der Waals surface area contributed by atoms with Crippen LogP contribution in [0.3, 0.4) is 0 Å². The summed E-state index contributed by atoms with van der Waals surface area (Å²) >= 11 is 1.57. The summed E-state index contributed by atoms with van der Waals surface area (Å²) in [6.07, 6.45) is 1.60. The van der Waals surface area contributed by atoms with E-state index < -0.39 is 5.91 Å². The number of pyridine rings is 1. The molecule has 15 heavy (non-hydrogen) atoms. The Kier molecular flexibility index (Phi) is 2.51. The van der Waals surface area contributed by atoms with Gasteiger partial charge in [0.2, 0.25) is 0 Å². The number of carbonyl (C=O) groups is 1. The Labute approximate surface area is 91.6 Å². The molecule has 76 valence electrons. The second-order valence-electron chi connectivity index (χ2n) is 3.19. The van der Waals surface area contributed by atoms with Gasteiger partial charge in [0.25, 0.3) is 5.91 Å². The van der Waals surface area contributed by atoms with Gasteiger partial charge in [-0.2, -0.15) is 0 Å². The van der Waals surface area contributed by atoms with Crippen molar-refractivity contribution in [1.29, 1.82) is 0 Å². The Hall–Kier alpha value is -1.68. The highest BCUT2D eigenvalue weighted by molar-refractivity contribution is 7.13. The van der Waals surface area contributed by atoms with Crippen LogP contribution >= 0.6 is 11.3 Å². The molecule has 0 aliphatic heterocycles. The number of carbonyl (C=O) groups excluding carboxylic acids is 1. The Morgan fingerprint density at radius 3 is 2.87 bits per heavy atom. The Bertz CT molecular complexity index is 491. The number of amides is 1. The molecule has 0 fully saturated rings. The fourth-order valence-corrected chi connectivity index (χ4v) is 2.31. The Morgan fingerprint density at radius 1 is 1.47 bits per heavy atom. The van der Waals surface area contributed by atoms with E-state index in [0.717, 1.165) is 16.0 Å². The summed E-state index contributed by atoms with van der Waals surface area (Å²) in [5.41, 5.74) is 7.50. The quantitative estimate of drug-likeness (QED) is 0.840. The van der Waals surface area contributed by atoms with Crippen LogP contribution in [0.1, 0.15) is 16.1 Å². The highest BCUT2D eigenvalue weighted by atomic mass is 32.1. The number of primary amides is 1. The summed E-state index contributed by atoms with van der Waals surface area (Å²) in [4.78, 5) is 16.3. The van der Waals surface area contributed by atoms with Gasteiger partial charge < -0.3 is 5.73 Å². The van der Waals surface area contributed by atoms with Gasteiger partial charge in [-0.1, -0.05) is 6.07 Å². The molecule has 4 heteroatoms. The van der Waals surface area contributed by atoms with E-state index in [0.29, 0.717) is 5.69 Å². The van der Waals surface area contributed by atoms with Gasteiger partial charge in [0.1, 0.15) is 5.69 Å². The van der Waals surface area contributed by atoms with Crippen LogP contribution in [0, 0.1) is 6.92 Å². The second kappa shape index (κ2) is 3.82. The molecule has 0 saturated carbocycles. The van der Waals surface area contributed by atoms with E-state index in [4.69, 9.17) is 5.73 Å². The molecule has 0 radical (unpaired) electrons. The van der Waals surface area contributed by atoms with Crippen molar-refractivity contribution in [2.75, 3.05) is 0 Å². The predicted octanol–water partition coefficient (Wildman–Crippen LogP) is 2.22. The zero-order chi connectivity index (χ0) is 10.8. The van der Waals surface area contributed by atoms with E-state index in [2.05, 4.69) is 4.98 Å². The monoisotopic (exact) mass is 218 g/mol. The summed E-state index contributed by atoms with van der Waals surface area (Å²) in [6, 6.07) is 5.78. The van der Waals surface area contributed by atoms with Crippen LogP contribution < -0.4 is 5.73 Å². The number of aromatic nitrogens is 1. The topological polar surface area (TPSA) is 56.0 Å². The van der Waals surface area contributed by atoms with Crippen molar-refractivity contribution in [3.05, 3.63) is 41.0 Å². The summed E-state index contributed by atoms with van der Waals surface area (Å²) in [5, 5.41) is 1.96. The van der Waals surface area contributed by atoms with Crippen molar-refractivity contribution in [2.45, 2.75) is 6.92 Å². The number of hydrogen-bond acceptors (Lipinski definition) is 3. The Balaban J connectivity index is 2.68. The van der Waals surface area contributed by atoms with E-state index in [9.17, 15) is 4.79 Å². The lowest BCUT2D eigenvalue weighted by Crippen LogP contribution is -2.14. The van der Waals surface area contributed by atoms with Crippen molar-refractivity contribution >= 4 is 17.2 Å². The first-order valence-electron chi connectivity index (χ1n) is 4.49. The lowest BCUT2D eigenvalue weighted by Gasteiger charge is -2.06. The van der Waals surface area contributed by atoms with Crippen LogP contribution in [0.4, 0.5) is 0 Å². The molecule has 3 nitrogen and oxygen atoms in total. The van der Waals surface area contributed by atoms with Crippen LogP contribution in [0.15, 0.2) is 29.8 Å². The van der Waals surface area contributed by atoms with Gasteiger partial charge in [-0.25, -0.2) is 0 Å². The normalized spacial score (nSPS) is 10.2. The van der Waals surface area contributed by atoms with Gasteiger partial charge in [-0.3, -0.25) is 9.78 Å². The molecular weight excluding hydrogens is 208 g/mol.